The molecule has 27 heavy (non-hydrogen) atoms. The van der Waals surface area contributed by atoms with E-state index in [1.54, 1.807) is 0 Å². The first-order chi connectivity index (χ1) is 12.9. The molecule has 0 unspecified atom stereocenters. The molecule has 0 aliphatic heterocycles. The molecule has 140 valence electrons. The molecule has 1 aromatic carbocycles. The van der Waals surface area contributed by atoms with E-state index in [0.717, 1.165) is 4.80 Å². The largest absolute Gasteiger partial charge is 0.481 e. The van der Waals surface area contributed by atoms with Crippen LogP contribution in [0.1, 0.15) is 6.42 Å². The fraction of sp³-hybridized carbons (Fsp3) is 0.200. The molecular weight excluding hydrogens is 381 g/mol. The number of aromatic nitrogens is 6. The summed E-state index contributed by atoms with van der Waals surface area (Å²) in [6.07, 6.45) is 2.42. The molecule has 0 aliphatic rings. The number of carboxylic acid groups (broad SMARTS) is 1. The zero-order valence-electron chi connectivity index (χ0n) is 13.7. The molecule has 3 N–H and O–H groups in total. The van der Waals surface area contributed by atoms with Gasteiger partial charge in [0, 0.05) is 11.6 Å². The number of tetrazole rings is 1. The first-order valence-corrected chi connectivity index (χ1v) is 7.99. The van der Waals surface area contributed by atoms with E-state index in [1.165, 1.54) is 30.6 Å². The van der Waals surface area contributed by atoms with Crippen LogP contribution in [0, 0.1) is 5.82 Å². The van der Waals surface area contributed by atoms with Crippen molar-refractivity contribution in [3.8, 4) is 23.1 Å². The lowest BCUT2D eigenvalue weighted by Gasteiger charge is -2.06. The summed E-state index contributed by atoms with van der Waals surface area (Å²) in [4.78, 5) is 19.4. The predicted molar refractivity (Wildman–Crippen MR) is 90.6 cm³/mol. The molecule has 0 aliphatic carbocycles. The number of benzene rings is 1. The molecule has 0 fully saturated rings. The normalized spacial score (nSPS) is 12.0. The number of nitrogens with two attached hydrogens (primary N) is 1. The third-order valence-corrected chi connectivity index (χ3v) is 3.47. The van der Waals surface area contributed by atoms with Gasteiger partial charge in [-0.2, -0.15) is 4.80 Å². The van der Waals surface area contributed by atoms with Gasteiger partial charge in [0.25, 0.3) is 0 Å². The second-order valence-corrected chi connectivity index (χ2v) is 5.89. The van der Waals surface area contributed by atoms with Gasteiger partial charge in [0.1, 0.15) is 0 Å². The van der Waals surface area contributed by atoms with E-state index in [1.807, 2.05) is 0 Å². The Morgan fingerprint density at radius 1 is 1.37 bits per heavy atom. The maximum atomic E-state index is 14.3. The number of hydrogen-bond acceptors (Lipinski definition) is 8. The van der Waals surface area contributed by atoms with Crippen LogP contribution in [0.25, 0.3) is 11.4 Å². The second-order valence-electron chi connectivity index (χ2n) is 5.46. The number of carbonyl (C=O) groups is 1. The van der Waals surface area contributed by atoms with E-state index in [-0.39, 0.29) is 30.5 Å². The van der Waals surface area contributed by atoms with Gasteiger partial charge < -0.3 is 15.6 Å². The molecule has 2 heterocycles. The van der Waals surface area contributed by atoms with E-state index >= 15 is 0 Å². The van der Waals surface area contributed by atoms with E-state index in [4.69, 9.17) is 27.2 Å². The smallest absolute Gasteiger partial charge is 0.322 e. The zero-order valence-corrected chi connectivity index (χ0v) is 14.4. The maximum Gasteiger partial charge on any atom is 0.322 e. The number of ether oxygens (including phenoxy) is 1. The highest BCUT2D eigenvalue weighted by molar-refractivity contribution is 6.30. The van der Waals surface area contributed by atoms with Crippen molar-refractivity contribution >= 4 is 17.6 Å². The summed E-state index contributed by atoms with van der Waals surface area (Å²) in [6, 6.07) is 3.36. The predicted octanol–water partition coefficient (Wildman–Crippen LogP) is 1.52. The van der Waals surface area contributed by atoms with Crippen molar-refractivity contribution in [3.63, 3.8) is 0 Å². The Labute approximate surface area is 156 Å². The van der Waals surface area contributed by atoms with Gasteiger partial charge in [-0.25, -0.2) is 14.4 Å². The van der Waals surface area contributed by atoms with Gasteiger partial charge in [0.2, 0.25) is 5.82 Å². The van der Waals surface area contributed by atoms with E-state index < -0.39 is 17.8 Å². The lowest BCUT2D eigenvalue weighted by molar-refractivity contribution is -0.137. The summed E-state index contributed by atoms with van der Waals surface area (Å²) in [7, 11) is 0. The Balaban J connectivity index is 1.72. The molecule has 0 amide bonds. The summed E-state index contributed by atoms with van der Waals surface area (Å²) < 4.78 is 19.5. The van der Waals surface area contributed by atoms with Gasteiger partial charge in [0.05, 0.1) is 30.4 Å². The maximum absolute atomic E-state index is 14.3. The first kappa shape index (κ1) is 18.6. The topological polar surface area (TPSA) is 142 Å². The minimum absolute atomic E-state index is 0.0532. The molecule has 0 radical (unpaired) electrons. The highest BCUT2D eigenvalue weighted by Crippen LogP contribution is 2.26. The van der Waals surface area contributed by atoms with Gasteiger partial charge in [-0.05, 0) is 23.4 Å². The van der Waals surface area contributed by atoms with Crippen LogP contribution in [-0.4, -0.2) is 47.3 Å². The van der Waals surface area contributed by atoms with Crippen molar-refractivity contribution in [3.05, 3.63) is 41.4 Å². The minimum Gasteiger partial charge on any atom is -0.481 e. The van der Waals surface area contributed by atoms with Gasteiger partial charge >= 0.3 is 12.0 Å². The Morgan fingerprint density at radius 3 is 2.78 bits per heavy atom. The van der Waals surface area contributed by atoms with Crippen LogP contribution in [0.4, 0.5) is 4.39 Å². The third-order valence-electron chi connectivity index (χ3n) is 3.28. The molecule has 1 atom stereocenters. The Hall–Kier alpha value is -3.18. The van der Waals surface area contributed by atoms with E-state index in [9.17, 15) is 9.18 Å². The molecule has 3 aromatic rings. The summed E-state index contributed by atoms with van der Waals surface area (Å²) in [5.74, 6) is -1.63. The molecule has 2 aromatic heterocycles. The molecule has 0 bridgehead atoms. The van der Waals surface area contributed by atoms with E-state index in [0.29, 0.717) is 10.6 Å². The van der Waals surface area contributed by atoms with Crippen LogP contribution in [0.15, 0.2) is 30.6 Å². The number of carboxylic acids is 1. The third kappa shape index (κ3) is 4.92. The molecule has 12 heteroatoms. The number of hydrogen-bond donors (Lipinski definition) is 2. The number of nitrogens with zero attached hydrogens (tertiary/aromatic N) is 6. The van der Waals surface area contributed by atoms with Crippen LogP contribution >= 0.6 is 11.6 Å². The fourth-order valence-corrected chi connectivity index (χ4v) is 2.21. The Kier molecular flexibility index (Phi) is 5.52. The van der Waals surface area contributed by atoms with Gasteiger partial charge in [0.15, 0.2) is 11.6 Å². The van der Waals surface area contributed by atoms with Crippen LogP contribution < -0.4 is 10.5 Å². The summed E-state index contributed by atoms with van der Waals surface area (Å²) >= 11 is 5.68. The second kappa shape index (κ2) is 8.01. The number of aliphatic carboxylic acids is 1. The summed E-state index contributed by atoms with van der Waals surface area (Å²) in [5.41, 5.74) is 6.03. The summed E-state index contributed by atoms with van der Waals surface area (Å²) in [6.45, 7) is 0.0664. The Morgan fingerprint density at radius 2 is 2.11 bits per heavy atom. The van der Waals surface area contributed by atoms with Crippen LogP contribution in [0.3, 0.4) is 0 Å². The van der Waals surface area contributed by atoms with Crippen LogP contribution in [0.2, 0.25) is 5.02 Å². The zero-order chi connectivity index (χ0) is 19.4. The van der Waals surface area contributed by atoms with Crippen molar-refractivity contribution in [2.75, 3.05) is 0 Å². The van der Waals surface area contributed by atoms with E-state index in [2.05, 4.69) is 25.4 Å². The Bertz CT molecular complexity index is 951. The van der Waals surface area contributed by atoms with Gasteiger partial charge in [-0.15, -0.1) is 10.2 Å². The quantitative estimate of drug-likeness (QED) is 0.610. The van der Waals surface area contributed by atoms with Crippen LogP contribution in [0.5, 0.6) is 11.8 Å². The number of halogens is 2. The summed E-state index contributed by atoms with van der Waals surface area (Å²) in [5, 5.41) is 20.7. The monoisotopic (exact) mass is 393 g/mol. The van der Waals surface area contributed by atoms with Crippen molar-refractivity contribution in [1.82, 2.24) is 30.2 Å². The van der Waals surface area contributed by atoms with Crippen molar-refractivity contribution in [2.24, 2.45) is 5.73 Å². The fourth-order valence-electron chi connectivity index (χ4n) is 2.11. The van der Waals surface area contributed by atoms with Gasteiger partial charge in [-0.3, -0.25) is 4.79 Å². The molecule has 3 rings (SSSR count). The van der Waals surface area contributed by atoms with Crippen molar-refractivity contribution < 1.29 is 19.0 Å². The molecule has 0 saturated heterocycles. The lowest BCUT2D eigenvalue weighted by atomic mass is 10.2. The average molecular weight is 394 g/mol. The average Bonchev–Trinajstić information content (AvgIpc) is 3.06. The molecule has 0 saturated carbocycles. The highest BCUT2D eigenvalue weighted by atomic mass is 35.5. The van der Waals surface area contributed by atoms with Gasteiger partial charge in [-0.1, -0.05) is 11.6 Å². The minimum atomic E-state index is -1.02. The lowest BCUT2D eigenvalue weighted by Crippen LogP contribution is -2.30. The molecule has 0 spiro atoms. The standard InChI is InChI=1S/C15H13ClFN7O3/c16-9-5-19-15(20-6-9)27-12-2-1-8(3-11(12)17)14-21-23-24(22-14)7-10(18)4-13(25)26/h1-3,5-6,10H,4,7,18H2,(H,25,26)/t10-/m0/s1. The number of rotatable bonds is 7. The SMILES string of the molecule is N[C@@H](CC(=O)O)Cn1nnc(-c2ccc(Oc3ncc(Cl)cn3)c(F)c2)n1. The molecule has 10 nitrogen and oxygen atoms in total. The highest BCUT2D eigenvalue weighted by Gasteiger charge is 2.14. The first-order valence-electron chi connectivity index (χ1n) is 7.61. The van der Waals surface area contributed by atoms with Crippen molar-refractivity contribution in [2.45, 2.75) is 19.0 Å². The molecular formula is C15H13ClFN7O3. The van der Waals surface area contributed by atoms with Crippen molar-refractivity contribution in [1.29, 1.82) is 0 Å². The van der Waals surface area contributed by atoms with Crippen LogP contribution in [-0.2, 0) is 11.3 Å².